The summed E-state index contributed by atoms with van der Waals surface area (Å²) in [6.45, 7) is 0. The molecule has 0 bridgehead atoms. The summed E-state index contributed by atoms with van der Waals surface area (Å²) in [5.74, 6) is 0. The third kappa shape index (κ3) is 2.83. The molecule has 0 radical (unpaired) electrons. The zero-order valence-electron chi connectivity index (χ0n) is 11.2. The van der Waals surface area contributed by atoms with Crippen molar-refractivity contribution in [2.45, 2.75) is 37.8 Å². The molecule has 0 aliphatic heterocycles. The molecule has 3 nitrogen and oxygen atoms in total. The fraction of sp³-hybridized carbons (Fsp3) is 0.533. The lowest BCUT2D eigenvalue weighted by atomic mass is 9.90. The van der Waals surface area contributed by atoms with E-state index in [1.807, 2.05) is 24.3 Å². The number of nitriles is 1. The normalized spacial score (nSPS) is 23.4. The highest BCUT2D eigenvalue weighted by Gasteiger charge is 2.23. The van der Waals surface area contributed by atoms with Crippen molar-refractivity contribution in [1.82, 2.24) is 5.32 Å². The Morgan fingerprint density at radius 3 is 2.28 bits per heavy atom. The molecule has 1 fully saturated rings. The summed E-state index contributed by atoms with van der Waals surface area (Å²) in [6.07, 6.45) is 4.98. The minimum atomic E-state index is 0.627. The minimum Gasteiger partial charge on any atom is -0.372 e. The summed E-state index contributed by atoms with van der Waals surface area (Å²) >= 11 is 0. The van der Waals surface area contributed by atoms with Gasteiger partial charge in [-0.05, 0) is 57.0 Å². The zero-order chi connectivity index (χ0) is 13.0. The van der Waals surface area contributed by atoms with E-state index in [9.17, 15) is 0 Å². The van der Waals surface area contributed by atoms with Crippen LogP contribution in [0.25, 0.3) is 0 Å². The molecule has 3 heteroatoms. The van der Waals surface area contributed by atoms with Gasteiger partial charge < -0.3 is 10.2 Å². The second-order valence-corrected chi connectivity index (χ2v) is 5.06. The Labute approximate surface area is 109 Å². The van der Waals surface area contributed by atoms with Gasteiger partial charge in [0.05, 0.1) is 11.6 Å². The predicted molar refractivity (Wildman–Crippen MR) is 74.7 cm³/mol. The molecule has 0 atom stereocenters. The highest BCUT2D eigenvalue weighted by Crippen LogP contribution is 2.26. The van der Waals surface area contributed by atoms with Gasteiger partial charge in [0.25, 0.3) is 0 Å². The first-order valence-corrected chi connectivity index (χ1v) is 6.65. The summed E-state index contributed by atoms with van der Waals surface area (Å²) in [6, 6.07) is 11.4. The molecule has 0 amide bonds. The van der Waals surface area contributed by atoms with Crippen LogP contribution < -0.4 is 10.2 Å². The fourth-order valence-electron chi connectivity index (χ4n) is 2.73. The second kappa shape index (κ2) is 5.88. The Bertz CT molecular complexity index is 410. The first-order valence-electron chi connectivity index (χ1n) is 6.65. The first kappa shape index (κ1) is 12.9. The summed E-state index contributed by atoms with van der Waals surface area (Å²) < 4.78 is 0. The number of benzene rings is 1. The van der Waals surface area contributed by atoms with Crippen LogP contribution in [0.4, 0.5) is 5.69 Å². The smallest absolute Gasteiger partial charge is 0.0991 e. The van der Waals surface area contributed by atoms with Crippen LogP contribution in [0, 0.1) is 11.3 Å². The van der Waals surface area contributed by atoms with Crippen molar-refractivity contribution in [2.24, 2.45) is 0 Å². The number of hydrogen-bond donors (Lipinski definition) is 1. The number of nitrogens with one attached hydrogen (secondary N) is 1. The van der Waals surface area contributed by atoms with E-state index in [1.165, 1.54) is 31.4 Å². The number of anilines is 1. The zero-order valence-corrected chi connectivity index (χ0v) is 11.2. The molecule has 0 aromatic heterocycles. The Hall–Kier alpha value is -1.53. The standard InChI is InChI=1S/C15H21N3/c1-17-13-5-9-15(10-6-13)18(2)14-7-3-12(11-16)4-8-14/h3-4,7-8,13,15,17H,5-6,9-10H2,1-2H3. The van der Waals surface area contributed by atoms with Crippen LogP contribution in [0.15, 0.2) is 24.3 Å². The van der Waals surface area contributed by atoms with E-state index in [1.54, 1.807) is 0 Å². The summed E-state index contributed by atoms with van der Waals surface area (Å²) in [5, 5.41) is 12.2. The molecule has 1 aliphatic carbocycles. The molecule has 18 heavy (non-hydrogen) atoms. The average Bonchev–Trinajstić information content (AvgIpc) is 2.47. The molecule has 2 rings (SSSR count). The van der Waals surface area contributed by atoms with Gasteiger partial charge in [0, 0.05) is 24.8 Å². The van der Waals surface area contributed by atoms with Crippen molar-refractivity contribution in [3.8, 4) is 6.07 Å². The summed E-state index contributed by atoms with van der Waals surface area (Å²) in [7, 11) is 4.21. The van der Waals surface area contributed by atoms with E-state index < -0.39 is 0 Å². The SMILES string of the molecule is CNC1CCC(N(C)c2ccc(C#N)cc2)CC1. The van der Waals surface area contributed by atoms with Crippen LogP contribution >= 0.6 is 0 Å². The molecule has 96 valence electrons. The van der Waals surface area contributed by atoms with Crippen molar-refractivity contribution in [3.63, 3.8) is 0 Å². The Morgan fingerprint density at radius 1 is 1.17 bits per heavy atom. The fourth-order valence-corrected chi connectivity index (χ4v) is 2.73. The molecule has 0 unspecified atom stereocenters. The van der Waals surface area contributed by atoms with Crippen LogP contribution in [0.1, 0.15) is 31.2 Å². The molecule has 1 aliphatic rings. The lowest BCUT2D eigenvalue weighted by Gasteiger charge is -2.36. The maximum absolute atomic E-state index is 8.80. The first-order chi connectivity index (χ1) is 8.74. The van der Waals surface area contributed by atoms with Gasteiger partial charge >= 0.3 is 0 Å². The molecule has 1 aromatic rings. The average molecular weight is 243 g/mol. The third-order valence-electron chi connectivity index (χ3n) is 4.06. The third-order valence-corrected chi connectivity index (χ3v) is 4.06. The molecule has 1 saturated carbocycles. The molecular formula is C15H21N3. The maximum atomic E-state index is 8.80. The van der Waals surface area contributed by atoms with Crippen molar-refractivity contribution < 1.29 is 0 Å². The minimum absolute atomic E-state index is 0.627. The van der Waals surface area contributed by atoms with E-state index in [4.69, 9.17) is 5.26 Å². The monoisotopic (exact) mass is 243 g/mol. The number of rotatable bonds is 3. The van der Waals surface area contributed by atoms with E-state index in [-0.39, 0.29) is 0 Å². The lowest BCUT2D eigenvalue weighted by molar-refractivity contribution is 0.351. The quantitative estimate of drug-likeness (QED) is 0.886. The van der Waals surface area contributed by atoms with Crippen molar-refractivity contribution in [1.29, 1.82) is 5.26 Å². The lowest BCUT2D eigenvalue weighted by Crippen LogP contribution is -2.39. The summed E-state index contributed by atoms with van der Waals surface area (Å²) in [4.78, 5) is 2.35. The van der Waals surface area contributed by atoms with Crippen LogP contribution in [-0.2, 0) is 0 Å². The highest BCUT2D eigenvalue weighted by atomic mass is 15.1. The molecule has 0 saturated heterocycles. The Balaban J connectivity index is 1.98. The van der Waals surface area contributed by atoms with E-state index >= 15 is 0 Å². The largest absolute Gasteiger partial charge is 0.372 e. The van der Waals surface area contributed by atoms with Gasteiger partial charge in [-0.3, -0.25) is 0 Å². The van der Waals surface area contributed by atoms with Crippen LogP contribution in [0.5, 0.6) is 0 Å². The van der Waals surface area contributed by atoms with Gasteiger partial charge in [-0.2, -0.15) is 5.26 Å². The topological polar surface area (TPSA) is 39.1 Å². The van der Waals surface area contributed by atoms with E-state index in [2.05, 4.69) is 30.4 Å². The van der Waals surface area contributed by atoms with Gasteiger partial charge in [0.1, 0.15) is 0 Å². The molecule has 1 aromatic carbocycles. The van der Waals surface area contributed by atoms with Gasteiger partial charge in [-0.25, -0.2) is 0 Å². The van der Waals surface area contributed by atoms with Crippen molar-refractivity contribution in [2.75, 3.05) is 19.0 Å². The Morgan fingerprint density at radius 2 is 1.78 bits per heavy atom. The molecular weight excluding hydrogens is 222 g/mol. The molecule has 1 N–H and O–H groups in total. The van der Waals surface area contributed by atoms with Crippen molar-refractivity contribution in [3.05, 3.63) is 29.8 Å². The van der Waals surface area contributed by atoms with Crippen LogP contribution in [0.3, 0.4) is 0 Å². The highest BCUT2D eigenvalue weighted by molar-refractivity contribution is 5.49. The number of nitrogens with zero attached hydrogens (tertiary/aromatic N) is 2. The van der Waals surface area contributed by atoms with E-state index in [0.717, 1.165) is 5.56 Å². The van der Waals surface area contributed by atoms with E-state index in [0.29, 0.717) is 12.1 Å². The van der Waals surface area contributed by atoms with Crippen LogP contribution in [0.2, 0.25) is 0 Å². The van der Waals surface area contributed by atoms with Crippen LogP contribution in [-0.4, -0.2) is 26.2 Å². The number of hydrogen-bond acceptors (Lipinski definition) is 3. The van der Waals surface area contributed by atoms with Crippen molar-refractivity contribution >= 4 is 5.69 Å². The van der Waals surface area contributed by atoms with Gasteiger partial charge in [0.15, 0.2) is 0 Å². The predicted octanol–water partition coefficient (Wildman–Crippen LogP) is 2.53. The Kier molecular flexibility index (Phi) is 4.22. The summed E-state index contributed by atoms with van der Waals surface area (Å²) in [5.41, 5.74) is 1.94. The second-order valence-electron chi connectivity index (χ2n) is 5.06. The maximum Gasteiger partial charge on any atom is 0.0991 e. The van der Waals surface area contributed by atoms with Gasteiger partial charge in [0.2, 0.25) is 0 Å². The van der Waals surface area contributed by atoms with Gasteiger partial charge in [-0.1, -0.05) is 0 Å². The molecule has 0 spiro atoms. The van der Waals surface area contributed by atoms with Gasteiger partial charge in [-0.15, -0.1) is 0 Å². The molecule has 0 heterocycles.